The van der Waals surface area contributed by atoms with Gasteiger partial charge in [0.25, 0.3) is 0 Å². The lowest BCUT2D eigenvalue weighted by molar-refractivity contribution is 0.414. The fraction of sp³-hybridized carbons (Fsp3) is 0.105. The fourth-order valence-corrected chi connectivity index (χ4v) is 5.30. The summed E-state index contributed by atoms with van der Waals surface area (Å²) >= 11 is 9.86. The van der Waals surface area contributed by atoms with E-state index in [4.69, 9.17) is 21.4 Å². The van der Waals surface area contributed by atoms with E-state index in [2.05, 4.69) is 16.3 Å². The molecule has 0 saturated carbocycles. The van der Waals surface area contributed by atoms with Gasteiger partial charge in [-0.1, -0.05) is 53.7 Å². The summed E-state index contributed by atoms with van der Waals surface area (Å²) in [4.78, 5) is 0.882. The molecule has 27 heavy (non-hydrogen) atoms. The highest BCUT2D eigenvalue weighted by Crippen LogP contribution is 2.42. The summed E-state index contributed by atoms with van der Waals surface area (Å²) in [7, 11) is 1.66. The van der Waals surface area contributed by atoms with Crippen molar-refractivity contribution in [1.82, 2.24) is 14.9 Å². The van der Waals surface area contributed by atoms with Gasteiger partial charge in [-0.25, -0.2) is 0 Å². The molecule has 4 aromatic rings. The lowest BCUT2D eigenvalue weighted by Gasteiger charge is -2.14. The molecule has 0 fully saturated rings. The molecule has 1 aliphatic heterocycles. The highest BCUT2D eigenvalue weighted by atomic mass is 35.5. The Labute approximate surface area is 168 Å². The van der Waals surface area contributed by atoms with Crippen LogP contribution in [0.3, 0.4) is 0 Å². The molecule has 0 amide bonds. The molecule has 5 rings (SSSR count). The van der Waals surface area contributed by atoms with Crippen molar-refractivity contribution in [2.45, 2.75) is 5.16 Å². The zero-order valence-electron chi connectivity index (χ0n) is 14.2. The minimum Gasteiger partial charge on any atom is -0.497 e. The topological polar surface area (TPSA) is 52.3 Å². The van der Waals surface area contributed by atoms with E-state index in [0.29, 0.717) is 10.8 Å². The number of ether oxygens (including phenoxy) is 1. The summed E-state index contributed by atoms with van der Waals surface area (Å²) < 4.78 is 8.25. The molecule has 1 aliphatic rings. The molecule has 2 aromatic heterocycles. The Balaban J connectivity index is 1.64. The van der Waals surface area contributed by atoms with Crippen LogP contribution in [0.1, 0.15) is 5.56 Å². The molecule has 0 spiro atoms. The number of thiophene rings is 1. The van der Waals surface area contributed by atoms with E-state index in [9.17, 15) is 0 Å². The molecule has 0 unspecified atom stereocenters. The zero-order chi connectivity index (χ0) is 18.4. The molecule has 0 bridgehead atoms. The van der Waals surface area contributed by atoms with Crippen molar-refractivity contribution in [1.29, 1.82) is 0 Å². The third-order valence-corrected chi connectivity index (χ3v) is 6.91. The molecule has 0 atom stereocenters. The molecule has 2 aromatic carbocycles. The zero-order valence-corrected chi connectivity index (χ0v) is 16.6. The van der Waals surface area contributed by atoms with Gasteiger partial charge in [0.15, 0.2) is 5.82 Å². The Morgan fingerprint density at radius 2 is 2.00 bits per heavy atom. The van der Waals surface area contributed by atoms with Crippen molar-refractivity contribution in [3.8, 4) is 16.5 Å². The van der Waals surface area contributed by atoms with Gasteiger partial charge in [0.2, 0.25) is 5.16 Å². The van der Waals surface area contributed by atoms with Gasteiger partial charge in [0.05, 0.1) is 22.7 Å². The minimum absolute atomic E-state index is 0.670. The van der Waals surface area contributed by atoms with E-state index in [1.807, 2.05) is 42.5 Å². The number of hydrogen-bond donors (Lipinski definition) is 0. The lowest BCUT2D eigenvalue weighted by atomic mass is 10.1. The van der Waals surface area contributed by atoms with Gasteiger partial charge < -0.3 is 4.74 Å². The van der Waals surface area contributed by atoms with Crippen molar-refractivity contribution < 1.29 is 4.74 Å². The van der Waals surface area contributed by atoms with E-state index in [1.54, 1.807) is 34.9 Å². The van der Waals surface area contributed by atoms with E-state index < -0.39 is 0 Å². The fourth-order valence-electron chi connectivity index (χ4n) is 2.97. The van der Waals surface area contributed by atoms with E-state index in [0.717, 1.165) is 42.9 Å². The van der Waals surface area contributed by atoms with Gasteiger partial charge >= 0.3 is 0 Å². The normalized spacial score (nSPS) is 13.5. The first-order valence-corrected chi connectivity index (χ1v) is 10.4. The molecule has 3 heterocycles. The second-order valence-electron chi connectivity index (χ2n) is 5.93. The van der Waals surface area contributed by atoms with Crippen molar-refractivity contribution in [3.05, 3.63) is 59.1 Å². The third-order valence-electron chi connectivity index (χ3n) is 4.31. The average molecular weight is 413 g/mol. The van der Waals surface area contributed by atoms with Gasteiger partial charge in [0.1, 0.15) is 5.75 Å². The summed E-state index contributed by atoms with van der Waals surface area (Å²) in [5, 5.41) is 16.0. The van der Waals surface area contributed by atoms with Gasteiger partial charge in [-0.2, -0.15) is 9.78 Å². The Bertz CT molecular complexity index is 1200. The van der Waals surface area contributed by atoms with Crippen LogP contribution >= 0.6 is 34.7 Å². The number of thioether (sulfide) groups is 1. The van der Waals surface area contributed by atoms with Crippen LogP contribution in [-0.2, 0) is 0 Å². The largest absolute Gasteiger partial charge is 0.497 e. The molecular formula is C19H13ClN4OS2. The monoisotopic (exact) mass is 412 g/mol. The van der Waals surface area contributed by atoms with Crippen molar-refractivity contribution in [2.24, 2.45) is 5.10 Å². The number of aromatic nitrogens is 3. The standard InChI is InChI=1S/C19H13ClN4OS2/c1-25-12-6-4-5-11(9-12)14-10-26-19-22-21-18(24(19)23-14)17-16(20)13-7-2-3-8-15(13)27-17/h2-9H,10H2,1H3. The number of hydrogen-bond acceptors (Lipinski definition) is 6. The van der Waals surface area contributed by atoms with Crippen LogP contribution in [-0.4, -0.2) is 33.4 Å². The number of rotatable bonds is 3. The summed E-state index contributed by atoms with van der Waals surface area (Å²) in [6.45, 7) is 0. The molecule has 134 valence electrons. The molecular weight excluding hydrogens is 400 g/mol. The van der Waals surface area contributed by atoms with E-state index in [1.165, 1.54) is 0 Å². The smallest absolute Gasteiger partial charge is 0.212 e. The summed E-state index contributed by atoms with van der Waals surface area (Å²) in [5.41, 5.74) is 1.97. The van der Waals surface area contributed by atoms with Crippen molar-refractivity contribution >= 4 is 50.5 Å². The number of fused-ring (bicyclic) bond motifs is 2. The Morgan fingerprint density at radius 1 is 1.11 bits per heavy atom. The molecule has 8 heteroatoms. The summed E-state index contributed by atoms with van der Waals surface area (Å²) in [6, 6.07) is 16.0. The number of halogens is 1. The predicted octanol–water partition coefficient (Wildman–Crippen LogP) is 5.18. The van der Waals surface area contributed by atoms with Gasteiger partial charge in [-0.05, 0) is 18.2 Å². The maximum Gasteiger partial charge on any atom is 0.212 e. The Kier molecular flexibility index (Phi) is 4.15. The molecule has 0 saturated heterocycles. The maximum absolute atomic E-state index is 6.64. The number of methoxy groups -OCH3 is 1. The van der Waals surface area contributed by atoms with Crippen LogP contribution in [0.5, 0.6) is 5.75 Å². The number of nitrogens with zero attached hydrogens (tertiary/aromatic N) is 4. The van der Waals surface area contributed by atoms with Crippen LogP contribution in [0.4, 0.5) is 0 Å². The summed E-state index contributed by atoms with van der Waals surface area (Å²) in [6.07, 6.45) is 0. The quantitative estimate of drug-likeness (QED) is 0.465. The van der Waals surface area contributed by atoms with Crippen LogP contribution < -0.4 is 4.74 Å². The minimum atomic E-state index is 0.670. The average Bonchev–Trinajstić information content (AvgIpc) is 3.28. The maximum atomic E-state index is 6.64. The van der Waals surface area contributed by atoms with Crippen molar-refractivity contribution in [2.75, 3.05) is 12.9 Å². The van der Waals surface area contributed by atoms with Crippen LogP contribution in [0.2, 0.25) is 5.02 Å². The van der Waals surface area contributed by atoms with E-state index >= 15 is 0 Å². The first-order valence-electron chi connectivity index (χ1n) is 8.22. The molecule has 0 N–H and O–H groups in total. The van der Waals surface area contributed by atoms with E-state index in [-0.39, 0.29) is 0 Å². The number of benzene rings is 2. The molecule has 5 nitrogen and oxygen atoms in total. The third kappa shape index (κ3) is 2.82. The van der Waals surface area contributed by atoms with Crippen LogP contribution in [0.25, 0.3) is 20.8 Å². The second kappa shape index (κ2) is 6.67. The first kappa shape index (κ1) is 16.8. The molecule has 0 radical (unpaired) electrons. The van der Waals surface area contributed by atoms with Gasteiger partial charge in [0, 0.05) is 21.4 Å². The second-order valence-corrected chi connectivity index (χ2v) is 8.30. The van der Waals surface area contributed by atoms with Crippen LogP contribution in [0, 0.1) is 0 Å². The van der Waals surface area contributed by atoms with Gasteiger partial charge in [-0.15, -0.1) is 21.5 Å². The Hall–Kier alpha value is -2.35. The van der Waals surface area contributed by atoms with Crippen LogP contribution in [0.15, 0.2) is 58.8 Å². The lowest BCUT2D eigenvalue weighted by Crippen LogP contribution is -2.13. The highest BCUT2D eigenvalue weighted by molar-refractivity contribution is 7.99. The first-order chi connectivity index (χ1) is 13.2. The van der Waals surface area contributed by atoms with Gasteiger partial charge in [-0.3, -0.25) is 0 Å². The molecule has 0 aliphatic carbocycles. The highest BCUT2D eigenvalue weighted by Gasteiger charge is 2.24. The predicted molar refractivity (Wildman–Crippen MR) is 112 cm³/mol. The summed E-state index contributed by atoms with van der Waals surface area (Å²) in [5.74, 6) is 2.21. The SMILES string of the molecule is COc1cccc(C2=Nn3c(nnc3-c3sc4ccccc4c3Cl)SC2)c1. The van der Waals surface area contributed by atoms with Crippen molar-refractivity contribution in [3.63, 3.8) is 0 Å². The Morgan fingerprint density at radius 3 is 2.85 bits per heavy atom.